The summed E-state index contributed by atoms with van der Waals surface area (Å²) < 4.78 is 0.517. The van der Waals surface area contributed by atoms with Gasteiger partial charge in [-0.25, -0.2) is 0 Å². The normalized spacial score (nSPS) is 15.5. The second kappa shape index (κ2) is 2.29. The molecule has 0 spiro atoms. The van der Waals surface area contributed by atoms with Gasteiger partial charge in [-0.15, -0.1) is 0 Å². The van der Waals surface area contributed by atoms with Gasteiger partial charge in [0.15, 0.2) is 0 Å². The molecule has 1 atom stereocenters. The Kier molecular flexibility index (Phi) is 2.19. The minimum atomic E-state index is -0.449. The molecule has 0 rings (SSSR count). The van der Waals surface area contributed by atoms with Crippen molar-refractivity contribution in [2.75, 3.05) is 21.1 Å². The zero-order valence-corrected chi connectivity index (χ0v) is 5.76. The Balaban J connectivity index is 3.80. The maximum atomic E-state index is 9.05. The predicted molar refractivity (Wildman–Crippen MR) is 34.2 cm³/mol. The van der Waals surface area contributed by atoms with Crippen LogP contribution >= 0.6 is 0 Å². The summed E-state index contributed by atoms with van der Waals surface area (Å²) in [6, 6.07) is 0. The molecule has 0 aliphatic heterocycles. The van der Waals surface area contributed by atoms with Crippen LogP contribution in [0, 0.1) is 0 Å². The first-order valence-electron chi connectivity index (χ1n) is 2.60. The van der Waals surface area contributed by atoms with E-state index in [1.165, 1.54) is 6.08 Å². The minimum absolute atomic E-state index is 0.449. The van der Waals surface area contributed by atoms with Gasteiger partial charge in [-0.1, -0.05) is 6.58 Å². The van der Waals surface area contributed by atoms with Crippen LogP contribution in [0.5, 0.6) is 0 Å². The molecule has 2 heteroatoms. The van der Waals surface area contributed by atoms with Crippen LogP contribution in [0.25, 0.3) is 0 Å². The fraction of sp³-hybridized carbons (Fsp3) is 0.667. The predicted octanol–water partition coefficient (Wildman–Crippen LogP) is 0.197. The van der Waals surface area contributed by atoms with E-state index in [9.17, 15) is 0 Å². The summed E-state index contributed by atoms with van der Waals surface area (Å²) in [5, 5.41) is 9.05. The highest BCUT2D eigenvalue weighted by molar-refractivity contribution is 4.69. The quantitative estimate of drug-likeness (QED) is 0.310. The van der Waals surface area contributed by atoms with Crippen LogP contribution in [-0.4, -0.2) is 37.0 Å². The summed E-state index contributed by atoms with van der Waals surface area (Å²) in [7, 11) is 5.73. The van der Waals surface area contributed by atoms with Gasteiger partial charge in [0.05, 0.1) is 21.1 Å². The van der Waals surface area contributed by atoms with Gasteiger partial charge >= 0.3 is 0 Å². The first kappa shape index (κ1) is 7.66. The lowest BCUT2D eigenvalue weighted by Gasteiger charge is -2.27. The van der Waals surface area contributed by atoms with Crippen molar-refractivity contribution in [1.82, 2.24) is 0 Å². The van der Waals surface area contributed by atoms with Crippen molar-refractivity contribution < 1.29 is 9.59 Å². The number of aliphatic hydroxyl groups excluding tert-OH is 1. The van der Waals surface area contributed by atoms with E-state index in [1.807, 2.05) is 21.1 Å². The fourth-order valence-electron chi connectivity index (χ4n) is 0.316. The van der Waals surface area contributed by atoms with Crippen molar-refractivity contribution in [2.24, 2.45) is 0 Å². The number of nitrogens with zero attached hydrogens (tertiary/aromatic N) is 1. The maximum Gasteiger partial charge on any atom is 0.209 e. The smallest absolute Gasteiger partial charge is 0.209 e. The van der Waals surface area contributed by atoms with Crippen molar-refractivity contribution in [3.63, 3.8) is 0 Å². The van der Waals surface area contributed by atoms with Crippen molar-refractivity contribution in [2.45, 2.75) is 6.23 Å². The first-order chi connectivity index (χ1) is 3.48. The highest BCUT2D eigenvalue weighted by atomic mass is 16.3. The molecule has 0 aliphatic rings. The number of rotatable bonds is 2. The van der Waals surface area contributed by atoms with E-state index in [0.717, 1.165) is 0 Å². The summed E-state index contributed by atoms with van der Waals surface area (Å²) in [5.74, 6) is 0. The number of hydrogen-bond acceptors (Lipinski definition) is 1. The highest BCUT2D eigenvalue weighted by Gasteiger charge is 2.14. The number of hydrogen-bond donors (Lipinski definition) is 1. The molecule has 0 bridgehead atoms. The topological polar surface area (TPSA) is 20.2 Å². The summed E-state index contributed by atoms with van der Waals surface area (Å²) in [4.78, 5) is 0. The Bertz CT molecular complexity index is 83.0. The van der Waals surface area contributed by atoms with E-state index in [4.69, 9.17) is 5.11 Å². The third kappa shape index (κ3) is 2.09. The molecule has 0 aliphatic carbocycles. The second-order valence-corrected chi connectivity index (χ2v) is 2.77. The molecule has 0 saturated carbocycles. The lowest BCUT2D eigenvalue weighted by molar-refractivity contribution is -0.910. The van der Waals surface area contributed by atoms with Crippen LogP contribution in [0.3, 0.4) is 0 Å². The van der Waals surface area contributed by atoms with E-state index < -0.39 is 6.23 Å². The summed E-state index contributed by atoms with van der Waals surface area (Å²) in [6.45, 7) is 3.46. The molecular formula is C6H14NO+. The minimum Gasteiger partial charge on any atom is -0.341 e. The van der Waals surface area contributed by atoms with Crippen molar-refractivity contribution in [3.05, 3.63) is 12.7 Å². The molecule has 8 heavy (non-hydrogen) atoms. The standard InChI is InChI=1S/C6H14NO/c1-5-6(8)7(2,3)4/h5-6,8H,1H2,2-4H3/q+1. The molecule has 0 radical (unpaired) electrons. The Morgan fingerprint density at radius 2 is 1.88 bits per heavy atom. The second-order valence-electron chi connectivity index (χ2n) is 2.77. The summed E-state index contributed by atoms with van der Waals surface area (Å²) in [5.41, 5.74) is 0. The van der Waals surface area contributed by atoms with Crippen molar-refractivity contribution >= 4 is 0 Å². The lowest BCUT2D eigenvalue weighted by Crippen LogP contribution is -2.43. The van der Waals surface area contributed by atoms with Crippen LogP contribution in [0.1, 0.15) is 0 Å². The molecule has 2 nitrogen and oxygen atoms in total. The van der Waals surface area contributed by atoms with Crippen LogP contribution < -0.4 is 0 Å². The van der Waals surface area contributed by atoms with Crippen LogP contribution in [0.4, 0.5) is 0 Å². The molecule has 48 valence electrons. The summed E-state index contributed by atoms with van der Waals surface area (Å²) >= 11 is 0. The Labute approximate surface area is 50.6 Å². The molecule has 0 aromatic rings. The van der Waals surface area contributed by atoms with Gasteiger partial charge in [-0.05, 0) is 6.08 Å². The van der Waals surface area contributed by atoms with Crippen LogP contribution in [0.2, 0.25) is 0 Å². The average molecular weight is 116 g/mol. The van der Waals surface area contributed by atoms with Crippen molar-refractivity contribution in [3.8, 4) is 0 Å². The van der Waals surface area contributed by atoms with E-state index in [-0.39, 0.29) is 0 Å². The molecular weight excluding hydrogens is 102 g/mol. The fourth-order valence-corrected chi connectivity index (χ4v) is 0.316. The zero-order chi connectivity index (χ0) is 6.78. The Morgan fingerprint density at radius 1 is 1.50 bits per heavy atom. The average Bonchev–Trinajstić information content (AvgIpc) is 1.62. The third-order valence-electron chi connectivity index (χ3n) is 1.00. The molecule has 1 N–H and O–H groups in total. The lowest BCUT2D eigenvalue weighted by atomic mass is 10.4. The van der Waals surface area contributed by atoms with E-state index in [1.54, 1.807) is 0 Å². The van der Waals surface area contributed by atoms with Gasteiger partial charge < -0.3 is 9.59 Å². The first-order valence-corrected chi connectivity index (χ1v) is 2.60. The van der Waals surface area contributed by atoms with Gasteiger partial charge in [0.1, 0.15) is 0 Å². The van der Waals surface area contributed by atoms with Gasteiger partial charge in [-0.3, -0.25) is 0 Å². The number of quaternary nitrogens is 1. The third-order valence-corrected chi connectivity index (χ3v) is 1.00. The molecule has 0 aromatic carbocycles. The van der Waals surface area contributed by atoms with E-state index in [2.05, 4.69) is 6.58 Å². The van der Waals surface area contributed by atoms with Crippen LogP contribution in [-0.2, 0) is 0 Å². The van der Waals surface area contributed by atoms with Crippen LogP contribution in [0.15, 0.2) is 12.7 Å². The molecule has 0 heterocycles. The summed E-state index contributed by atoms with van der Waals surface area (Å²) in [6.07, 6.45) is 1.08. The van der Waals surface area contributed by atoms with Gasteiger partial charge in [0, 0.05) is 0 Å². The van der Waals surface area contributed by atoms with Crippen molar-refractivity contribution in [1.29, 1.82) is 0 Å². The Hall–Kier alpha value is -0.340. The zero-order valence-electron chi connectivity index (χ0n) is 5.76. The molecule has 0 saturated heterocycles. The molecule has 0 amide bonds. The highest BCUT2D eigenvalue weighted by Crippen LogP contribution is 1.97. The van der Waals surface area contributed by atoms with E-state index >= 15 is 0 Å². The number of aliphatic hydroxyl groups is 1. The molecule has 0 aromatic heterocycles. The Morgan fingerprint density at radius 3 is 1.88 bits per heavy atom. The van der Waals surface area contributed by atoms with Gasteiger partial charge in [0.2, 0.25) is 6.23 Å². The maximum absolute atomic E-state index is 9.05. The molecule has 0 fully saturated rings. The van der Waals surface area contributed by atoms with E-state index in [0.29, 0.717) is 4.48 Å². The molecule has 1 unspecified atom stereocenters. The SMILES string of the molecule is C=CC(O)[N+](C)(C)C. The monoisotopic (exact) mass is 116 g/mol. The largest absolute Gasteiger partial charge is 0.341 e. The van der Waals surface area contributed by atoms with Gasteiger partial charge in [0.25, 0.3) is 0 Å². The number of likely N-dealkylation sites (N-methyl/N-ethyl adjacent to an activating group) is 1. The van der Waals surface area contributed by atoms with Gasteiger partial charge in [-0.2, -0.15) is 0 Å².